The van der Waals surface area contributed by atoms with Crippen LogP contribution in [0.1, 0.15) is 40.5 Å². The van der Waals surface area contributed by atoms with E-state index in [2.05, 4.69) is 34.1 Å². The molecule has 0 radical (unpaired) electrons. The van der Waals surface area contributed by atoms with E-state index >= 15 is 0 Å². The van der Waals surface area contributed by atoms with Gasteiger partial charge in [-0.1, -0.05) is 33.6 Å². The second-order valence-electron chi connectivity index (χ2n) is 2.65. The highest BCUT2D eigenvalue weighted by Gasteiger charge is 2.05. The molecule has 0 saturated heterocycles. The first-order valence-electron chi connectivity index (χ1n) is 3.49. The Balaban J connectivity index is 3.58. The number of hydrogen-bond acceptors (Lipinski definition) is 0. The molecular weight excluding hydrogens is 96.1 g/mol. The van der Waals surface area contributed by atoms with Gasteiger partial charge < -0.3 is 6.42 Å². The summed E-state index contributed by atoms with van der Waals surface area (Å²) in [6.45, 7) is 8.92. The lowest BCUT2D eigenvalue weighted by Crippen LogP contribution is -2.11. The average Bonchev–Trinajstić information content (AvgIpc) is 1.87. The van der Waals surface area contributed by atoms with Crippen LogP contribution in [0.25, 0.3) is 0 Å². The Labute approximate surface area is 53.3 Å². The Morgan fingerprint density at radius 1 is 1.25 bits per heavy atom. The zero-order valence-corrected chi connectivity index (χ0v) is 6.49. The smallest absolute Gasteiger partial charge is 0.0673 e. The largest absolute Gasteiger partial charge is 0.326 e. The number of rotatable bonds is 3. The lowest BCUT2D eigenvalue weighted by Gasteiger charge is -2.34. The van der Waals surface area contributed by atoms with E-state index in [1.54, 1.807) is 0 Å². The average molecular weight is 113 g/mol. The molecule has 0 unspecified atom stereocenters. The molecule has 0 bridgehead atoms. The first-order valence-corrected chi connectivity index (χ1v) is 3.49. The first-order chi connectivity index (χ1) is 3.68. The summed E-state index contributed by atoms with van der Waals surface area (Å²) < 4.78 is 0. The molecule has 0 heterocycles. The SMILES string of the molecule is C[CH-]C(C)(CC)CC. The van der Waals surface area contributed by atoms with Gasteiger partial charge in [-0.2, -0.15) is 12.3 Å². The van der Waals surface area contributed by atoms with Gasteiger partial charge in [-0.15, -0.1) is 0 Å². The molecule has 0 amide bonds. The van der Waals surface area contributed by atoms with Gasteiger partial charge in [0.1, 0.15) is 0 Å². The van der Waals surface area contributed by atoms with E-state index in [4.69, 9.17) is 0 Å². The summed E-state index contributed by atoms with van der Waals surface area (Å²) >= 11 is 0. The second-order valence-corrected chi connectivity index (χ2v) is 2.65. The zero-order chi connectivity index (χ0) is 6.62. The van der Waals surface area contributed by atoms with Gasteiger partial charge in [0, 0.05) is 0 Å². The second kappa shape index (κ2) is 3.11. The molecule has 0 saturated carbocycles. The summed E-state index contributed by atoms with van der Waals surface area (Å²) in [5.41, 5.74) is 0.500. The molecular formula is C8H17-. The topological polar surface area (TPSA) is 0 Å². The van der Waals surface area contributed by atoms with Crippen molar-refractivity contribution >= 4 is 0 Å². The summed E-state index contributed by atoms with van der Waals surface area (Å²) in [6.07, 6.45) is 4.83. The van der Waals surface area contributed by atoms with Gasteiger partial charge in [0.15, 0.2) is 0 Å². The van der Waals surface area contributed by atoms with E-state index in [0.29, 0.717) is 5.41 Å². The van der Waals surface area contributed by atoms with Crippen LogP contribution in [0.3, 0.4) is 0 Å². The molecule has 0 heteroatoms. The van der Waals surface area contributed by atoms with Crippen molar-refractivity contribution in [1.82, 2.24) is 0 Å². The van der Waals surface area contributed by atoms with Gasteiger partial charge in [-0.25, -0.2) is 0 Å². The van der Waals surface area contributed by atoms with Crippen LogP contribution in [-0.4, -0.2) is 0 Å². The van der Waals surface area contributed by atoms with Crippen molar-refractivity contribution in [3.63, 3.8) is 0 Å². The van der Waals surface area contributed by atoms with E-state index in [1.165, 1.54) is 12.8 Å². The van der Waals surface area contributed by atoms with Crippen LogP contribution in [0.2, 0.25) is 0 Å². The van der Waals surface area contributed by atoms with Crippen LogP contribution < -0.4 is 0 Å². The normalized spacial score (nSPS) is 12.0. The van der Waals surface area contributed by atoms with Crippen LogP contribution in [-0.2, 0) is 0 Å². The van der Waals surface area contributed by atoms with E-state index < -0.39 is 0 Å². The van der Waals surface area contributed by atoms with Gasteiger partial charge in [0.2, 0.25) is 0 Å². The molecule has 0 rings (SSSR count). The highest BCUT2D eigenvalue weighted by Crippen LogP contribution is 2.27. The molecule has 0 aromatic heterocycles. The van der Waals surface area contributed by atoms with Crippen molar-refractivity contribution < 1.29 is 0 Å². The molecule has 0 aromatic rings. The molecule has 0 aliphatic heterocycles. The molecule has 0 spiro atoms. The van der Waals surface area contributed by atoms with Gasteiger partial charge in [0.05, 0.1) is 0 Å². The molecule has 0 aliphatic rings. The zero-order valence-electron chi connectivity index (χ0n) is 6.49. The Hall–Kier alpha value is 0. The van der Waals surface area contributed by atoms with Crippen LogP contribution >= 0.6 is 0 Å². The Morgan fingerprint density at radius 2 is 1.62 bits per heavy atom. The predicted octanol–water partition coefficient (Wildman–Crippen LogP) is 3.04. The molecule has 0 fully saturated rings. The van der Waals surface area contributed by atoms with Crippen molar-refractivity contribution in [2.75, 3.05) is 0 Å². The lowest BCUT2D eigenvalue weighted by atomic mass is 9.82. The van der Waals surface area contributed by atoms with Gasteiger partial charge in [-0.05, 0) is 0 Å². The third-order valence-electron chi connectivity index (χ3n) is 2.31. The van der Waals surface area contributed by atoms with Crippen molar-refractivity contribution in [2.45, 2.75) is 40.5 Å². The Kier molecular flexibility index (Phi) is 3.11. The summed E-state index contributed by atoms with van der Waals surface area (Å²) in [4.78, 5) is 0. The minimum Gasteiger partial charge on any atom is -0.326 e. The monoisotopic (exact) mass is 113 g/mol. The van der Waals surface area contributed by atoms with Crippen molar-refractivity contribution in [2.24, 2.45) is 5.41 Å². The highest BCUT2D eigenvalue weighted by molar-refractivity contribution is 4.82. The minimum atomic E-state index is 0.500. The van der Waals surface area contributed by atoms with Crippen molar-refractivity contribution in [3.8, 4) is 0 Å². The van der Waals surface area contributed by atoms with E-state index in [0.717, 1.165) is 0 Å². The molecule has 0 aliphatic carbocycles. The Bertz CT molecular complexity index is 42.8. The quantitative estimate of drug-likeness (QED) is 0.493. The molecule has 0 atom stereocenters. The van der Waals surface area contributed by atoms with Crippen LogP contribution in [0, 0.1) is 11.8 Å². The molecule has 8 heavy (non-hydrogen) atoms. The van der Waals surface area contributed by atoms with Gasteiger partial charge in [0.25, 0.3) is 0 Å². The first kappa shape index (κ1) is 8.00. The fourth-order valence-corrected chi connectivity index (χ4v) is 0.658. The van der Waals surface area contributed by atoms with Crippen molar-refractivity contribution in [1.29, 1.82) is 0 Å². The summed E-state index contributed by atoms with van der Waals surface area (Å²) in [6, 6.07) is 0. The summed E-state index contributed by atoms with van der Waals surface area (Å²) in [5, 5.41) is 0. The fourth-order valence-electron chi connectivity index (χ4n) is 0.658. The van der Waals surface area contributed by atoms with Crippen LogP contribution in [0.4, 0.5) is 0 Å². The predicted molar refractivity (Wildman–Crippen MR) is 38.7 cm³/mol. The molecule has 0 nitrogen and oxygen atoms in total. The van der Waals surface area contributed by atoms with Gasteiger partial charge >= 0.3 is 0 Å². The maximum atomic E-state index is 2.30. The van der Waals surface area contributed by atoms with Gasteiger partial charge in [-0.3, -0.25) is 0 Å². The maximum Gasteiger partial charge on any atom is -0.0673 e. The molecule has 0 aromatic carbocycles. The van der Waals surface area contributed by atoms with E-state index in [1.807, 2.05) is 0 Å². The van der Waals surface area contributed by atoms with Crippen LogP contribution in [0.5, 0.6) is 0 Å². The van der Waals surface area contributed by atoms with Crippen molar-refractivity contribution in [3.05, 3.63) is 6.42 Å². The molecule has 50 valence electrons. The third-order valence-corrected chi connectivity index (χ3v) is 2.31. The highest BCUT2D eigenvalue weighted by atomic mass is 14.2. The standard InChI is InChI=1S/C8H17/c1-5-8(4,6-2)7-3/h5H,6-7H2,1-4H3/q-1. The Morgan fingerprint density at radius 3 is 1.62 bits per heavy atom. The summed E-state index contributed by atoms with van der Waals surface area (Å²) in [7, 11) is 0. The van der Waals surface area contributed by atoms with E-state index in [9.17, 15) is 0 Å². The van der Waals surface area contributed by atoms with Crippen LogP contribution in [0.15, 0.2) is 0 Å². The third kappa shape index (κ3) is 1.85. The minimum absolute atomic E-state index is 0.500. The van der Waals surface area contributed by atoms with E-state index in [-0.39, 0.29) is 0 Å². The lowest BCUT2D eigenvalue weighted by molar-refractivity contribution is 0.361. The maximum absolute atomic E-state index is 2.30. The fraction of sp³-hybridized carbons (Fsp3) is 0.875. The number of hydrogen-bond donors (Lipinski definition) is 0. The molecule has 0 N–H and O–H groups in total. The summed E-state index contributed by atoms with van der Waals surface area (Å²) in [5.74, 6) is 0.